The third kappa shape index (κ3) is 4.04. The van der Waals surface area contributed by atoms with Crippen LogP contribution >= 0.6 is 11.3 Å². The van der Waals surface area contributed by atoms with Gasteiger partial charge in [0.2, 0.25) is 5.91 Å². The van der Waals surface area contributed by atoms with Crippen molar-refractivity contribution < 1.29 is 9.18 Å². The lowest BCUT2D eigenvalue weighted by Crippen LogP contribution is -2.27. The van der Waals surface area contributed by atoms with Gasteiger partial charge in [-0.3, -0.25) is 9.59 Å². The Labute approximate surface area is 169 Å². The second kappa shape index (κ2) is 7.75. The van der Waals surface area contributed by atoms with Crippen LogP contribution in [0.15, 0.2) is 23.0 Å². The Morgan fingerprint density at radius 1 is 1.17 bits per heavy atom. The van der Waals surface area contributed by atoms with E-state index in [1.54, 1.807) is 6.07 Å². The van der Waals surface area contributed by atoms with Crippen molar-refractivity contribution in [3.63, 3.8) is 0 Å². The predicted molar refractivity (Wildman–Crippen MR) is 111 cm³/mol. The summed E-state index contributed by atoms with van der Waals surface area (Å²) in [4.78, 5) is 40.9. The molecule has 1 aromatic carbocycles. The summed E-state index contributed by atoms with van der Waals surface area (Å²) < 4.78 is 13.2. The lowest BCUT2D eigenvalue weighted by Gasteiger charge is -2.04. The molecular weight excluding hydrogens is 393 g/mol. The lowest BCUT2D eigenvalue weighted by molar-refractivity contribution is -0.121. The van der Waals surface area contributed by atoms with Gasteiger partial charge in [-0.25, -0.2) is 14.4 Å². The average Bonchev–Trinajstić information content (AvgIpc) is 3.20. The molecule has 4 aromatic rings. The molecule has 0 saturated carbocycles. The minimum atomic E-state index is -0.330. The Hall–Kier alpha value is -3.07. The fraction of sp³-hybridized carbons (Fsp3) is 0.300. The van der Waals surface area contributed by atoms with Gasteiger partial charge in [-0.1, -0.05) is 0 Å². The minimum Gasteiger partial charge on any atom is -0.356 e. The molecule has 0 aliphatic carbocycles. The molecule has 150 valence electrons. The fourth-order valence-electron chi connectivity index (χ4n) is 3.21. The second-order valence-corrected chi connectivity index (χ2v) is 8.12. The number of hydrogen-bond donors (Lipinski definition) is 3. The maximum atomic E-state index is 13.2. The second-order valence-electron chi connectivity index (χ2n) is 6.92. The standard InChI is InChI=1S/C20H20FN5O2S/c1-10-11(2)29-20-18(10)19(28)25-16(26-20)7-8-22-17(27)6-5-15-23-13-4-3-12(21)9-14(13)24-15/h3-4,9H,5-8H2,1-2H3,(H,22,27)(H,23,24)(H,25,26,28). The van der Waals surface area contributed by atoms with E-state index in [-0.39, 0.29) is 23.7 Å². The number of carbonyl (C=O) groups excluding carboxylic acids is 1. The van der Waals surface area contributed by atoms with Gasteiger partial charge >= 0.3 is 0 Å². The zero-order chi connectivity index (χ0) is 20.5. The quantitative estimate of drug-likeness (QED) is 0.452. The smallest absolute Gasteiger partial charge is 0.259 e. The molecule has 0 unspecified atom stereocenters. The number of amides is 1. The molecule has 29 heavy (non-hydrogen) atoms. The molecule has 0 radical (unpaired) electrons. The number of rotatable bonds is 6. The van der Waals surface area contributed by atoms with Crippen LogP contribution in [0.4, 0.5) is 4.39 Å². The van der Waals surface area contributed by atoms with E-state index in [0.717, 1.165) is 15.3 Å². The normalized spacial score (nSPS) is 11.4. The third-order valence-corrected chi connectivity index (χ3v) is 5.96. The number of nitrogens with one attached hydrogen (secondary N) is 3. The van der Waals surface area contributed by atoms with Crippen LogP contribution in [-0.4, -0.2) is 32.4 Å². The van der Waals surface area contributed by atoms with Gasteiger partial charge < -0.3 is 15.3 Å². The van der Waals surface area contributed by atoms with Gasteiger partial charge in [-0.05, 0) is 37.6 Å². The van der Waals surface area contributed by atoms with Crippen LogP contribution in [0.1, 0.15) is 28.5 Å². The summed E-state index contributed by atoms with van der Waals surface area (Å²) in [6.45, 7) is 4.27. The van der Waals surface area contributed by atoms with Crippen molar-refractivity contribution in [1.82, 2.24) is 25.3 Å². The summed E-state index contributed by atoms with van der Waals surface area (Å²) in [6.07, 6.45) is 1.13. The topological polar surface area (TPSA) is 104 Å². The first-order valence-electron chi connectivity index (χ1n) is 9.30. The van der Waals surface area contributed by atoms with E-state index >= 15 is 0 Å². The van der Waals surface area contributed by atoms with Crippen LogP contribution in [0.25, 0.3) is 21.3 Å². The Kier molecular flexibility index (Phi) is 5.14. The van der Waals surface area contributed by atoms with E-state index in [2.05, 4.69) is 25.3 Å². The predicted octanol–water partition coefficient (Wildman–Crippen LogP) is 2.91. The third-order valence-electron chi connectivity index (χ3n) is 4.85. The molecule has 0 bridgehead atoms. The minimum absolute atomic E-state index is 0.122. The Balaban J connectivity index is 1.31. The first-order valence-corrected chi connectivity index (χ1v) is 10.1. The SMILES string of the molecule is Cc1sc2nc(CCNC(=O)CCc3nc4ccc(F)cc4[nH]3)[nH]c(=O)c2c1C. The fourth-order valence-corrected chi connectivity index (χ4v) is 4.26. The Bertz CT molecular complexity index is 1270. The summed E-state index contributed by atoms with van der Waals surface area (Å²) in [7, 11) is 0. The van der Waals surface area contributed by atoms with Crippen molar-refractivity contribution in [2.24, 2.45) is 0 Å². The monoisotopic (exact) mass is 413 g/mol. The molecule has 0 saturated heterocycles. The molecule has 9 heteroatoms. The number of aryl methyl sites for hydroxylation is 3. The molecule has 0 aliphatic heterocycles. The number of H-pyrrole nitrogens is 2. The van der Waals surface area contributed by atoms with Gasteiger partial charge in [-0.15, -0.1) is 11.3 Å². The number of hydrogen-bond acceptors (Lipinski definition) is 5. The molecule has 3 heterocycles. The molecule has 3 N–H and O–H groups in total. The molecule has 0 spiro atoms. The van der Waals surface area contributed by atoms with E-state index in [1.807, 2.05) is 13.8 Å². The van der Waals surface area contributed by atoms with Crippen molar-refractivity contribution in [1.29, 1.82) is 0 Å². The maximum absolute atomic E-state index is 13.2. The lowest BCUT2D eigenvalue weighted by atomic mass is 10.2. The van der Waals surface area contributed by atoms with Gasteiger partial charge in [0, 0.05) is 30.7 Å². The van der Waals surface area contributed by atoms with E-state index < -0.39 is 0 Å². The van der Waals surface area contributed by atoms with Crippen molar-refractivity contribution in [2.45, 2.75) is 33.1 Å². The number of benzene rings is 1. The van der Waals surface area contributed by atoms with Crippen LogP contribution in [0, 0.1) is 19.7 Å². The first kappa shape index (κ1) is 19.3. The van der Waals surface area contributed by atoms with E-state index in [9.17, 15) is 14.0 Å². The maximum Gasteiger partial charge on any atom is 0.259 e. The van der Waals surface area contributed by atoms with Gasteiger partial charge in [0.1, 0.15) is 22.3 Å². The van der Waals surface area contributed by atoms with Crippen molar-refractivity contribution in [3.05, 3.63) is 56.5 Å². The number of fused-ring (bicyclic) bond motifs is 2. The van der Waals surface area contributed by atoms with Crippen molar-refractivity contribution in [3.8, 4) is 0 Å². The number of thiophene rings is 1. The zero-order valence-corrected chi connectivity index (χ0v) is 16.9. The van der Waals surface area contributed by atoms with Crippen LogP contribution in [0.3, 0.4) is 0 Å². The van der Waals surface area contributed by atoms with Gasteiger partial charge in [0.25, 0.3) is 5.56 Å². The summed E-state index contributed by atoms with van der Waals surface area (Å²) in [6, 6.07) is 4.34. The van der Waals surface area contributed by atoms with E-state index in [0.29, 0.717) is 47.5 Å². The number of carbonyl (C=O) groups is 1. The van der Waals surface area contributed by atoms with E-state index in [4.69, 9.17) is 0 Å². The van der Waals surface area contributed by atoms with E-state index in [1.165, 1.54) is 23.5 Å². The zero-order valence-electron chi connectivity index (χ0n) is 16.1. The highest BCUT2D eigenvalue weighted by Gasteiger charge is 2.12. The molecule has 3 aromatic heterocycles. The average molecular weight is 413 g/mol. The number of imidazole rings is 1. The number of halogens is 1. The Morgan fingerprint density at radius 2 is 1.97 bits per heavy atom. The van der Waals surface area contributed by atoms with Crippen molar-refractivity contribution in [2.75, 3.05) is 6.54 Å². The number of aromatic nitrogens is 4. The summed E-state index contributed by atoms with van der Waals surface area (Å²) in [5, 5.41) is 3.47. The summed E-state index contributed by atoms with van der Waals surface area (Å²) >= 11 is 1.50. The molecule has 0 atom stereocenters. The van der Waals surface area contributed by atoms with Crippen molar-refractivity contribution >= 4 is 38.5 Å². The number of aromatic amines is 2. The molecule has 4 rings (SSSR count). The summed E-state index contributed by atoms with van der Waals surface area (Å²) in [5.74, 6) is 0.745. The highest BCUT2D eigenvalue weighted by molar-refractivity contribution is 7.18. The number of nitrogens with zero attached hydrogens (tertiary/aromatic N) is 2. The Morgan fingerprint density at radius 3 is 2.79 bits per heavy atom. The first-order chi connectivity index (χ1) is 13.9. The summed E-state index contributed by atoms with van der Waals surface area (Å²) in [5.41, 5.74) is 2.11. The van der Waals surface area contributed by atoms with Gasteiger partial charge in [-0.2, -0.15) is 0 Å². The molecule has 1 amide bonds. The van der Waals surface area contributed by atoms with Crippen LogP contribution < -0.4 is 10.9 Å². The molecule has 0 fully saturated rings. The van der Waals surface area contributed by atoms with Gasteiger partial charge in [0.05, 0.1) is 16.4 Å². The molecule has 0 aliphatic rings. The van der Waals surface area contributed by atoms with Crippen LogP contribution in [0.5, 0.6) is 0 Å². The van der Waals surface area contributed by atoms with Crippen LogP contribution in [0.2, 0.25) is 0 Å². The largest absolute Gasteiger partial charge is 0.356 e. The highest BCUT2D eigenvalue weighted by Crippen LogP contribution is 2.25. The van der Waals surface area contributed by atoms with Gasteiger partial charge in [0.15, 0.2) is 0 Å². The molecule has 7 nitrogen and oxygen atoms in total. The molecular formula is C20H20FN5O2S. The van der Waals surface area contributed by atoms with Crippen LogP contribution in [-0.2, 0) is 17.6 Å². The highest BCUT2D eigenvalue weighted by atomic mass is 32.1.